The van der Waals surface area contributed by atoms with Gasteiger partial charge >= 0.3 is 0 Å². The van der Waals surface area contributed by atoms with Gasteiger partial charge < -0.3 is 49.1 Å². The molecule has 0 amide bonds. The molecule has 0 spiro atoms. The van der Waals surface area contributed by atoms with E-state index in [2.05, 4.69) is 64.3 Å². The van der Waals surface area contributed by atoms with Gasteiger partial charge in [0.15, 0.2) is 22.5 Å². The summed E-state index contributed by atoms with van der Waals surface area (Å²) in [6.45, 7) is 4.45. The van der Waals surface area contributed by atoms with Gasteiger partial charge in [-0.2, -0.15) is 0 Å². The molecule has 0 aliphatic carbocycles. The molecule has 0 unspecified atom stereocenters. The average molecular weight is 720 g/mol. The molecule has 5 aromatic rings. The molecule has 2 aliphatic rings. The molecule has 276 valence electrons. The first-order valence-corrected chi connectivity index (χ1v) is 18.2. The van der Waals surface area contributed by atoms with Crippen molar-refractivity contribution in [2.24, 2.45) is 0 Å². The molecule has 0 saturated carbocycles. The van der Waals surface area contributed by atoms with Gasteiger partial charge in [0.25, 0.3) is 0 Å². The minimum atomic E-state index is -0.552. The zero-order valence-electron chi connectivity index (χ0n) is 30.0. The lowest BCUT2D eigenvalue weighted by atomic mass is 9.88. The number of aromatic amines is 1. The molecule has 11 heteroatoms. The number of nitrogens with one attached hydrogen (secondary N) is 2. The number of aromatic nitrogens is 1. The number of aryl methyl sites for hydroxylation is 1. The number of H-pyrrole nitrogens is 1. The summed E-state index contributed by atoms with van der Waals surface area (Å²) in [5.74, 6) is 8.70. The fraction of sp³-hybridized carbons (Fsp3) is 0.357. The molecule has 0 radical (unpaired) electrons. The number of methoxy groups -OCH3 is 1. The molecule has 2 atom stereocenters. The molecule has 4 bridgehead atoms. The zero-order chi connectivity index (χ0) is 36.9. The number of anilines is 1. The number of ether oxygens (including phenoxy) is 3. The monoisotopic (exact) mass is 719 g/mol. The third-order valence-corrected chi connectivity index (χ3v) is 9.71. The van der Waals surface area contributed by atoms with Crippen molar-refractivity contribution >= 4 is 16.8 Å². The van der Waals surface area contributed by atoms with Crippen LogP contribution < -0.4 is 29.9 Å². The van der Waals surface area contributed by atoms with Crippen LogP contribution in [0.4, 0.5) is 5.82 Å². The smallest absolute Gasteiger partial charge is 0.204 e. The van der Waals surface area contributed by atoms with E-state index in [9.17, 15) is 20.1 Å². The van der Waals surface area contributed by atoms with Crippen LogP contribution >= 0.6 is 0 Å². The summed E-state index contributed by atoms with van der Waals surface area (Å²) in [6.07, 6.45) is 2.00. The fourth-order valence-corrected chi connectivity index (χ4v) is 7.10. The highest BCUT2D eigenvalue weighted by Crippen LogP contribution is 2.50. The molecule has 1 fully saturated rings. The molecule has 2 aromatic heterocycles. The quantitative estimate of drug-likeness (QED) is 0.0841. The van der Waals surface area contributed by atoms with E-state index in [1.165, 1.54) is 31.0 Å². The maximum absolute atomic E-state index is 14.3. The van der Waals surface area contributed by atoms with Crippen molar-refractivity contribution in [3.8, 4) is 57.3 Å². The lowest BCUT2D eigenvalue weighted by molar-refractivity contribution is 0.216. The topological polar surface area (TPSA) is 150 Å². The van der Waals surface area contributed by atoms with Crippen molar-refractivity contribution in [2.45, 2.75) is 44.6 Å². The van der Waals surface area contributed by atoms with Gasteiger partial charge in [-0.25, -0.2) is 0 Å². The SMILES string of the molecule is CCc1cc2c([nH]1)N1CCN[C@@H](C#C[C@@H](c3c(OCCCO)c(OC)c(OCCCO)c4c(=O)cc(-c5ccc(O)cc5)oc34)Cc3cccc-2c3)C1. The van der Waals surface area contributed by atoms with Gasteiger partial charge in [0.05, 0.1) is 37.8 Å². The Balaban J connectivity index is 1.50. The van der Waals surface area contributed by atoms with E-state index in [4.69, 9.17) is 18.6 Å². The van der Waals surface area contributed by atoms with Gasteiger partial charge in [-0.15, -0.1) is 0 Å². The van der Waals surface area contributed by atoms with E-state index < -0.39 is 5.92 Å². The Hall–Kier alpha value is -5.41. The molecule has 5 N–H and O–H groups in total. The molecule has 1 saturated heterocycles. The van der Waals surface area contributed by atoms with Crippen molar-refractivity contribution in [1.82, 2.24) is 10.3 Å². The number of phenolic OH excluding ortho intramolecular Hbond substituents is 1. The van der Waals surface area contributed by atoms with Crippen molar-refractivity contribution < 1.29 is 33.9 Å². The van der Waals surface area contributed by atoms with Crippen LogP contribution in [0.5, 0.6) is 23.0 Å². The largest absolute Gasteiger partial charge is 0.508 e. The molecular weight excluding hydrogens is 674 g/mol. The summed E-state index contributed by atoms with van der Waals surface area (Å²) >= 11 is 0. The summed E-state index contributed by atoms with van der Waals surface area (Å²) in [6, 6.07) is 18.4. The van der Waals surface area contributed by atoms with Crippen molar-refractivity contribution in [3.05, 3.63) is 87.7 Å². The predicted octanol–water partition coefficient (Wildman–Crippen LogP) is 5.38. The minimum absolute atomic E-state index is 0.0831. The van der Waals surface area contributed by atoms with Gasteiger partial charge in [-0.3, -0.25) is 4.79 Å². The lowest BCUT2D eigenvalue weighted by Gasteiger charge is -2.33. The van der Waals surface area contributed by atoms with Crippen LogP contribution in [0, 0.1) is 11.8 Å². The number of piperazine rings is 1. The van der Waals surface area contributed by atoms with E-state index in [0.717, 1.165) is 42.0 Å². The first kappa shape index (κ1) is 36.0. The fourth-order valence-electron chi connectivity index (χ4n) is 7.10. The third-order valence-electron chi connectivity index (χ3n) is 9.71. The van der Waals surface area contributed by atoms with Crippen molar-refractivity contribution in [2.75, 3.05) is 58.1 Å². The second-order valence-electron chi connectivity index (χ2n) is 13.3. The van der Waals surface area contributed by atoms with E-state index in [1.54, 1.807) is 12.1 Å². The second-order valence-corrected chi connectivity index (χ2v) is 13.3. The number of aliphatic hydroxyl groups is 2. The molecule has 3 aromatic carbocycles. The standard InChI is InChI=1S/C42H45N3O8/c1-3-30-23-33-28-8-4-7-26(21-28)22-29(9-12-31-25-45(16-15-43-31)42(33)44-30)36-38-37(34(49)24-35(53-38)27-10-13-32(48)14-11-27)40(52-20-6-18-47)41(50-2)39(36)51-19-5-17-46/h4,7-8,10-11,13-14,21,23-24,29,31,43-44,46-48H,3,5-6,15-20,22,25H2,1-2H3/t29-,31+/m1/s1. The van der Waals surface area contributed by atoms with Crippen molar-refractivity contribution in [3.63, 3.8) is 0 Å². The maximum Gasteiger partial charge on any atom is 0.204 e. The summed E-state index contributed by atoms with van der Waals surface area (Å²) in [7, 11) is 1.49. The van der Waals surface area contributed by atoms with E-state index in [1.807, 2.05) is 0 Å². The summed E-state index contributed by atoms with van der Waals surface area (Å²) in [5.41, 5.74) is 5.41. The van der Waals surface area contributed by atoms with Gasteiger partial charge in [-0.05, 0) is 54.3 Å². The molecular formula is C42H45N3O8. The van der Waals surface area contributed by atoms with Crippen LogP contribution in [0.2, 0.25) is 0 Å². The van der Waals surface area contributed by atoms with Crippen molar-refractivity contribution in [1.29, 1.82) is 0 Å². The Labute approximate surface area is 308 Å². The highest BCUT2D eigenvalue weighted by atomic mass is 16.5. The predicted molar refractivity (Wildman–Crippen MR) is 204 cm³/mol. The number of phenols is 1. The van der Waals surface area contributed by atoms with Crippen LogP contribution in [-0.2, 0) is 12.8 Å². The van der Waals surface area contributed by atoms with Crippen LogP contribution in [0.1, 0.15) is 42.5 Å². The Bertz CT molecular complexity index is 2200. The zero-order valence-corrected chi connectivity index (χ0v) is 30.0. The van der Waals surface area contributed by atoms with Gasteiger partial charge in [0.2, 0.25) is 5.75 Å². The Kier molecular flexibility index (Phi) is 10.9. The van der Waals surface area contributed by atoms with Crippen LogP contribution in [0.25, 0.3) is 33.4 Å². The molecule has 11 nitrogen and oxygen atoms in total. The number of benzene rings is 3. The van der Waals surface area contributed by atoms with E-state index >= 15 is 0 Å². The number of fused-ring (bicyclic) bond motifs is 8. The number of nitrogens with zero attached hydrogens (tertiary/aromatic N) is 1. The summed E-state index contributed by atoms with van der Waals surface area (Å²) in [5, 5.41) is 33.0. The number of rotatable bonds is 12. The summed E-state index contributed by atoms with van der Waals surface area (Å²) < 4.78 is 25.4. The maximum atomic E-state index is 14.3. The highest BCUT2D eigenvalue weighted by molar-refractivity contribution is 5.94. The van der Waals surface area contributed by atoms with Gasteiger partial charge in [0, 0.05) is 68.6 Å². The van der Waals surface area contributed by atoms with Crippen LogP contribution in [0.15, 0.2) is 69.9 Å². The number of hydrogen-bond donors (Lipinski definition) is 5. The van der Waals surface area contributed by atoms with E-state index in [-0.39, 0.29) is 71.9 Å². The Morgan fingerprint density at radius 1 is 0.943 bits per heavy atom. The average Bonchev–Trinajstić information content (AvgIpc) is 3.62. The third kappa shape index (κ3) is 7.44. The second kappa shape index (κ2) is 16.1. The van der Waals surface area contributed by atoms with Gasteiger partial charge in [-0.1, -0.05) is 43.0 Å². The first-order valence-electron chi connectivity index (χ1n) is 18.2. The Morgan fingerprint density at radius 2 is 1.72 bits per heavy atom. The molecule has 7 rings (SSSR count). The van der Waals surface area contributed by atoms with Gasteiger partial charge in [0.1, 0.15) is 22.7 Å². The number of hydrogen-bond acceptors (Lipinski definition) is 10. The first-order chi connectivity index (χ1) is 25.9. The summed E-state index contributed by atoms with van der Waals surface area (Å²) in [4.78, 5) is 20.3. The van der Waals surface area contributed by atoms with Crippen LogP contribution in [0.3, 0.4) is 0 Å². The number of aromatic hydroxyl groups is 1. The number of aliphatic hydroxyl groups excluding tert-OH is 2. The van der Waals surface area contributed by atoms with Crippen LogP contribution in [-0.4, -0.2) is 79.5 Å². The minimum Gasteiger partial charge on any atom is -0.508 e. The van der Waals surface area contributed by atoms with E-state index in [0.29, 0.717) is 42.7 Å². The Morgan fingerprint density at radius 3 is 2.45 bits per heavy atom. The molecule has 2 aliphatic heterocycles. The molecule has 53 heavy (non-hydrogen) atoms. The lowest BCUT2D eigenvalue weighted by Crippen LogP contribution is -2.50. The molecule has 4 heterocycles. The normalized spacial score (nSPS) is 16.6. The highest BCUT2D eigenvalue weighted by Gasteiger charge is 2.32.